The molecule has 1 aromatic heterocycles. The minimum absolute atomic E-state index is 0.356. The molecule has 0 saturated heterocycles. The fourth-order valence-corrected chi connectivity index (χ4v) is 1.09. The first kappa shape index (κ1) is 8.11. The highest BCUT2D eigenvalue weighted by molar-refractivity contribution is 5.30. The Morgan fingerprint density at radius 3 is 2.64 bits per heavy atom. The Balaban J connectivity index is 2.82. The van der Waals surface area contributed by atoms with E-state index in [1.807, 2.05) is 6.92 Å². The third-order valence-electron chi connectivity index (χ3n) is 1.72. The van der Waals surface area contributed by atoms with Gasteiger partial charge >= 0.3 is 0 Å². The molecule has 1 aromatic rings. The van der Waals surface area contributed by atoms with Crippen LogP contribution in [0.4, 0.5) is 0 Å². The Morgan fingerprint density at radius 2 is 2.18 bits per heavy atom. The smallest absolute Gasteiger partial charge is 0.159 e. The summed E-state index contributed by atoms with van der Waals surface area (Å²) in [5.74, 6) is 0.356. The summed E-state index contributed by atoms with van der Waals surface area (Å²) >= 11 is 0. The second-order valence-corrected chi connectivity index (χ2v) is 2.60. The topological polar surface area (TPSA) is 48.9 Å². The largest absolute Gasteiger partial charge is 0.504 e. The van der Waals surface area contributed by atoms with Gasteiger partial charge in [0.05, 0.1) is 5.69 Å². The lowest BCUT2D eigenvalue weighted by Crippen LogP contribution is -1.82. The Hall–Kier alpha value is -0.990. The van der Waals surface area contributed by atoms with Crippen molar-refractivity contribution < 1.29 is 5.11 Å². The number of nitrogens with one attached hydrogen (secondary N) is 1. The average Bonchev–Trinajstić information content (AvgIpc) is 2.34. The predicted molar refractivity (Wildman–Crippen MR) is 43.6 cm³/mol. The van der Waals surface area contributed by atoms with Gasteiger partial charge in [0.2, 0.25) is 0 Å². The van der Waals surface area contributed by atoms with Crippen molar-refractivity contribution in [1.82, 2.24) is 10.2 Å². The van der Waals surface area contributed by atoms with Crippen LogP contribution in [0, 0.1) is 0 Å². The van der Waals surface area contributed by atoms with Gasteiger partial charge in [0.15, 0.2) is 5.75 Å². The number of aromatic hydroxyl groups is 1. The first-order valence-corrected chi connectivity index (χ1v) is 4.04. The number of hydrogen-bond acceptors (Lipinski definition) is 2. The molecule has 0 unspecified atom stereocenters. The van der Waals surface area contributed by atoms with Gasteiger partial charge in [0, 0.05) is 0 Å². The molecular weight excluding hydrogens is 140 g/mol. The summed E-state index contributed by atoms with van der Waals surface area (Å²) in [4.78, 5) is 0. The Morgan fingerprint density at radius 1 is 1.45 bits per heavy atom. The summed E-state index contributed by atoms with van der Waals surface area (Å²) in [5.41, 5.74) is 1.64. The van der Waals surface area contributed by atoms with E-state index in [1.165, 1.54) is 0 Å². The molecule has 0 fully saturated rings. The maximum atomic E-state index is 9.47. The molecule has 0 aliphatic heterocycles. The number of H-pyrrole nitrogens is 1. The zero-order valence-corrected chi connectivity index (χ0v) is 7.02. The van der Waals surface area contributed by atoms with E-state index in [-0.39, 0.29) is 0 Å². The highest BCUT2D eigenvalue weighted by atomic mass is 16.3. The Labute approximate surface area is 66.4 Å². The van der Waals surface area contributed by atoms with Crippen molar-refractivity contribution in [3.63, 3.8) is 0 Å². The normalized spacial score (nSPS) is 10.4. The highest BCUT2D eigenvalue weighted by Crippen LogP contribution is 2.20. The van der Waals surface area contributed by atoms with Crippen LogP contribution in [-0.2, 0) is 12.8 Å². The SMILES string of the molecule is CCCc1[nH]nc(CC)c1O. The third kappa shape index (κ3) is 1.53. The quantitative estimate of drug-likeness (QED) is 0.695. The molecule has 0 amide bonds. The molecule has 0 aliphatic rings. The van der Waals surface area contributed by atoms with Crippen molar-refractivity contribution in [1.29, 1.82) is 0 Å². The van der Waals surface area contributed by atoms with E-state index in [2.05, 4.69) is 17.1 Å². The molecule has 0 bridgehead atoms. The summed E-state index contributed by atoms with van der Waals surface area (Å²) in [6.45, 7) is 4.05. The fourth-order valence-electron chi connectivity index (χ4n) is 1.09. The third-order valence-corrected chi connectivity index (χ3v) is 1.72. The van der Waals surface area contributed by atoms with Crippen LogP contribution in [0.5, 0.6) is 5.75 Å². The number of nitrogens with zero attached hydrogens (tertiary/aromatic N) is 1. The number of rotatable bonds is 3. The van der Waals surface area contributed by atoms with E-state index < -0.39 is 0 Å². The Kier molecular flexibility index (Phi) is 2.52. The number of hydrogen-bond donors (Lipinski definition) is 2. The molecule has 62 valence electrons. The van der Waals surface area contributed by atoms with Crippen molar-refractivity contribution in [3.05, 3.63) is 11.4 Å². The van der Waals surface area contributed by atoms with Crippen LogP contribution in [0.3, 0.4) is 0 Å². The fraction of sp³-hybridized carbons (Fsp3) is 0.625. The average molecular weight is 154 g/mol. The van der Waals surface area contributed by atoms with Gasteiger partial charge < -0.3 is 5.11 Å². The van der Waals surface area contributed by atoms with Gasteiger partial charge in [0.1, 0.15) is 5.69 Å². The molecule has 0 spiro atoms. The summed E-state index contributed by atoms with van der Waals surface area (Å²) in [5, 5.41) is 16.3. The van der Waals surface area contributed by atoms with Crippen molar-refractivity contribution in [2.45, 2.75) is 33.1 Å². The highest BCUT2D eigenvalue weighted by Gasteiger charge is 2.07. The predicted octanol–water partition coefficient (Wildman–Crippen LogP) is 1.63. The van der Waals surface area contributed by atoms with Gasteiger partial charge in [-0.1, -0.05) is 20.3 Å². The molecule has 2 N–H and O–H groups in total. The second-order valence-electron chi connectivity index (χ2n) is 2.60. The van der Waals surface area contributed by atoms with Crippen LogP contribution in [0.2, 0.25) is 0 Å². The van der Waals surface area contributed by atoms with E-state index in [9.17, 15) is 5.11 Å². The van der Waals surface area contributed by atoms with Gasteiger partial charge in [-0.3, -0.25) is 5.10 Å². The summed E-state index contributed by atoms with van der Waals surface area (Å²) in [6.07, 6.45) is 2.68. The zero-order chi connectivity index (χ0) is 8.27. The molecule has 0 aliphatic carbocycles. The summed E-state index contributed by atoms with van der Waals surface area (Å²) in [6, 6.07) is 0. The molecule has 1 heterocycles. The number of aryl methyl sites for hydroxylation is 2. The lowest BCUT2D eigenvalue weighted by molar-refractivity contribution is 0.461. The van der Waals surface area contributed by atoms with Crippen molar-refractivity contribution >= 4 is 0 Å². The molecule has 1 rings (SSSR count). The minimum atomic E-state index is 0.356. The minimum Gasteiger partial charge on any atom is -0.504 e. The van der Waals surface area contributed by atoms with Gasteiger partial charge in [-0.25, -0.2) is 0 Å². The first-order chi connectivity index (χ1) is 5.29. The van der Waals surface area contributed by atoms with Gasteiger partial charge in [-0.05, 0) is 12.8 Å². The van der Waals surface area contributed by atoms with Crippen LogP contribution in [0.25, 0.3) is 0 Å². The second kappa shape index (κ2) is 3.42. The number of aromatic amines is 1. The molecular formula is C8H14N2O. The molecule has 0 saturated carbocycles. The maximum absolute atomic E-state index is 9.47. The monoisotopic (exact) mass is 154 g/mol. The van der Waals surface area contributed by atoms with Crippen LogP contribution in [-0.4, -0.2) is 15.3 Å². The van der Waals surface area contributed by atoms with Gasteiger partial charge in [0.25, 0.3) is 0 Å². The molecule has 0 radical (unpaired) electrons. The molecule has 11 heavy (non-hydrogen) atoms. The molecule has 0 atom stereocenters. The van der Waals surface area contributed by atoms with E-state index in [4.69, 9.17) is 0 Å². The van der Waals surface area contributed by atoms with Gasteiger partial charge in [-0.2, -0.15) is 5.10 Å². The Bertz CT molecular complexity index is 230. The summed E-state index contributed by atoms with van der Waals surface area (Å²) < 4.78 is 0. The first-order valence-electron chi connectivity index (χ1n) is 4.04. The zero-order valence-electron chi connectivity index (χ0n) is 7.02. The van der Waals surface area contributed by atoms with Crippen molar-refractivity contribution in [2.24, 2.45) is 0 Å². The van der Waals surface area contributed by atoms with E-state index in [1.54, 1.807) is 0 Å². The molecule has 0 aromatic carbocycles. The van der Waals surface area contributed by atoms with E-state index in [0.717, 1.165) is 30.7 Å². The lowest BCUT2D eigenvalue weighted by Gasteiger charge is -1.93. The lowest BCUT2D eigenvalue weighted by atomic mass is 10.2. The van der Waals surface area contributed by atoms with Crippen LogP contribution >= 0.6 is 0 Å². The van der Waals surface area contributed by atoms with Gasteiger partial charge in [-0.15, -0.1) is 0 Å². The van der Waals surface area contributed by atoms with Crippen LogP contribution in [0.15, 0.2) is 0 Å². The maximum Gasteiger partial charge on any atom is 0.159 e. The number of aromatic nitrogens is 2. The van der Waals surface area contributed by atoms with Crippen molar-refractivity contribution in [3.8, 4) is 5.75 Å². The van der Waals surface area contributed by atoms with Crippen LogP contribution in [0.1, 0.15) is 31.7 Å². The summed E-state index contributed by atoms with van der Waals surface area (Å²) in [7, 11) is 0. The standard InChI is InChI=1S/C8H14N2O/c1-3-5-7-8(11)6(4-2)9-10-7/h11H,3-5H2,1-2H3,(H,9,10). The van der Waals surface area contributed by atoms with Crippen molar-refractivity contribution in [2.75, 3.05) is 0 Å². The van der Waals surface area contributed by atoms with E-state index >= 15 is 0 Å². The molecule has 3 nitrogen and oxygen atoms in total. The van der Waals surface area contributed by atoms with E-state index in [0.29, 0.717) is 5.75 Å². The molecule has 3 heteroatoms. The van der Waals surface area contributed by atoms with Crippen LogP contribution < -0.4 is 0 Å².